The molecule has 0 fully saturated rings. The molecule has 1 heterocycles. The Morgan fingerprint density at radius 1 is 1.79 bits per heavy atom. The highest BCUT2D eigenvalue weighted by molar-refractivity contribution is 5.80. The van der Waals surface area contributed by atoms with E-state index < -0.39 is 6.04 Å². The molecule has 0 aliphatic heterocycles. The molecule has 0 saturated carbocycles. The van der Waals surface area contributed by atoms with E-state index in [2.05, 4.69) is 10.4 Å². The third-order valence-electron chi connectivity index (χ3n) is 2.02. The Kier molecular flexibility index (Phi) is 3.64. The van der Waals surface area contributed by atoms with Gasteiger partial charge in [0.2, 0.25) is 5.91 Å². The van der Waals surface area contributed by atoms with Crippen molar-refractivity contribution < 1.29 is 4.79 Å². The number of nitrogens with one attached hydrogen (secondary N) is 1. The van der Waals surface area contributed by atoms with Crippen LogP contribution < -0.4 is 11.1 Å². The van der Waals surface area contributed by atoms with E-state index >= 15 is 0 Å². The molecule has 78 valence electrons. The summed E-state index contributed by atoms with van der Waals surface area (Å²) in [5, 5.41) is 6.77. The lowest BCUT2D eigenvalue weighted by Crippen LogP contribution is -2.39. The number of amides is 1. The predicted octanol–water partition coefficient (Wildman–Crippen LogP) is -0.574. The lowest BCUT2D eigenvalue weighted by molar-refractivity contribution is -0.121. The standard InChI is InChI=1S/C9H16N4O/c1-7(10)9(14)11-5-3-8-4-6-12-13(8)2/h4,6-7H,3,5,10H2,1-2H3,(H,11,14). The van der Waals surface area contributed by atoms with Crippen LogP contribution in [0.5, 0.6) is 0 Å². The molecule has 0 spiro atoms. The van der Waals surface area contributed by atoms with Crippen LogP contribution in [-0.2, 0) is 18.3 Å². The zero-order valence-corrected chi connectivity index (χ0v) is 8.53. The third-order valence-corrected chi connectivity index (χ3v) is 2.02. The van der Waals surface area contributed by atoms with E-state index in [4.69, 9.17) is 5.73 Å². The van der Waals surface area contributed by atoms with Crippen molar-refractivity contribution in [1.29, 1.82) is 0 Å². The van der Waals surface area contributed by atoms with Crippen LogP contribution in [0.2, 0.25) is 0 Å². The van der Waals surface area contributed by atoms with Gasteiger partial charge in [-0.1, -0.05) is 0 Å². The first kappa shape index (κ1) is 10.7. The van der Waals surface area contributed by atoms with Crippen LogP contribution in [0.15, 0.2) is 12.3 Å². The quantitative estimate of drug-likeness (QED) is 0.677. The van der Waals surface area contributed by atoms with Crippen LogP contribution in [0.1, 0.15) is 12.6 Å². The van der Waals surface area contributed by atoms with E-state index in [1.165, 1.54) is 0 Å². The molecule has 3 N–H and O–H groups in total. The average Bonchev–Trinajstić information content (AvgIpc) is 2.51. The van der Waals surface area contributed by atoms with Crippen molar-refractivity contribution in [1.82, 2.24) is 15.1 Å². The van der Waals surface area contributed by atoms with E-state index in [0.29, 0.717) is 6.54 Å². The fraction of sp³-hybridized carbons (Fsp3) is 0.556. The Hall–Kier alpha value is -1.36. The fourth-order valence-corrected chi connectivity index (χ4v) is 1.12. The highest BCUT2D eigenvalue weighted by Crippen LogP contribution is 1.95. The molecule has 1 amide bonds. The van der Waals surface area contributed by atoms with Crippen molar-refractivity contribution in [2.45, 2.75) is 19.4 Å². The van der Waals surface area contributed by atoms with Gasteiger partial charge in [0, 0.05) is 31.9 Å². The fourth-order valence-electron chi connectivity index (χ4n) is 1.12. The van der Waals surface area contributed by atoms with Gasteiger partial charge in [-0.3, -0.25) is 9.48 Å². The van der Waals surface area contributed by atoms with Crippen molar-refractivity contribution in [2.24, 2.45) is 12.8 Å². The molecule has 1 aromatic rings. The lowest BCUT2D eigenvalue weighted by atomic mass is 10.3. The number of hydrogen-bond donors (Lipinski definition) is 2. The molecular formula is C9H16N4O. The Bertz CT molecular complexity index is 306. The second-order valence-electron chi connectivity index (χ2n) is 3.28. The Labute approximate surface area is 83.3 Å². The minimum Gasteiger partial charge on any atom is -0.354 e. The summed E-state index contributed by atoms with van der Waals surface area (Å²) in [6, 6.07) is 1.49. The Balaban J connectivity index is 2.29. The minimum atomic E-state index is -0.443. The summed E-state index contributed by atoms with van der Waals surface area (Å²) in [5.41, 5.74) is 6.49. The topological polar surface area (TPSA) is 72.9 Å². The molecule has 0 saturated heterocycles. The van der Waals surface area contributed by atoms with E-state index in [-0.39, 0.29) is 5.91 Å². The van der Waals surface area contributed by atoms with Gasteiger partial charge in [0.1, 0.15) is 0 Å². The maximum atomic E-state index is 11.1. The number of hydrogen-bond acceptors (Lipinski definition) is 3. The number of rotatable bonds is 4. The number of nitrogens with two attached hydrogens (primary N) is 1. The molecule has 1 unspecified atom stereocenters. The van der Waals surface area contributed by atoms with E-state index in [9.17, 15) is 4.79 Å². The highest BCUT2D eigenvalue weighted by Gasteiger charge is 2.06. The monoisotopic (exact) mass is 196 g/mol. The number of nitrogens with zero attached hydrogens (tertiary/aromatic N) is 2. The Morgan fingerprint density at radius 2 is 2.50 bits per heavy atom. The van der Waals surface area contributed by atoms with Crippen LogP contribution in [-0.4, -0.2) is 28.3 Å². The molecule has 1 rings (SSSR count). The van der Waals surface area contributed by atoms with Crippen molar-refractivity contribution in [3.8, 4) is 0 Å². The third kappa shape index (κ3) is 2.85. The predicted molar refractivity (Wildman–Crippen MR) is 53.6 cm³/mol. The van der Waals surface area contributed by atoms with Gasteiger partial charge < -0.3 is 11.1 Å². The molecular weight excluding hydrogens is 180 g/mol. The summed E-state index contributed by atoms with van der Waals surface area (Å²) < 4.78 is 1.79. The van der Waals surface area contributed by atoms with Crippen molar-refractivity contribution >= 4 is 5.91 Å². The number of aryl methyl sites for hydroxylation is 1. The number of carbonyl (C=O) groups is 1. The molecule has 1 aromatic heterocycles. The first-order valence-electron chi connectivity index (χ1n) is 4.61. The summed E-state index contributed by atoms with van der Waals surface area (Å²) in [6.07, 6.45) is 2.51. The lowest BCUT2D eigenvalue weighted by Gasteiger charge is -2.07. The van der Waals surface area contributed by atoms with Crippen LogP contribution in [0.4, 0.5) is 0 Å². The van der Waals surface area contributed by atoms with Crippen LogP contribution in [0.25, 0.3) is 0 Å². The van der Waals surface area contributed by atoms with Crippen molar-refractivity contribution in [3.05, 3.63) is 18.0 Å². The summed E-state index contributed by atoms with van der Waals surface area (Å²) in [6.45, 7) is 2.26. The van der Waals surface area contributed by atoms with Gasteiger partial charge in [0.15, 0.2) is 0 Å². The summed E-state index contributed by atoms with van der Waals surface area (Å²) >= 11 is 0. The van der Waals surface area contributed by atoms with Crippen LogP contribution in [0.3, 0.4) is 0 Å². The highest BCUT2D eigenvalue weighted by atomic mass is 16.2. The van der Waals surface area contributed by atoms with Gasteiger partial charge in [-0.15, -0.1) is 0 Å². The molecule has 0 radical (unpaired) electrons. The van der Waals surface area contributed by atoms with Crippen molar-refractivity contribution in [2.75, 3.05) is 6.54 Å². The summed E-state index contributed by atoms with van der Waals surface area (Å²) in [4.78, 5) is 11.1. The maximum Gasteiger partial charge on any atom is 0.236 e. The second kappa shape index (κ2) is 4.76. The average molecular weight is 196 g/mol. The zero-order valence-electron chi connectivity index (χ0n) is 8.53. The normalized spacial score (nSPS) is 12.5. The smallest absolute Gasteiger partial charge is 0.236 e. The van der Waals surface area contributed by atoms with Crippen LogP contribution in [0, 0.1) is 0 Å². The molecule has 0 aromatic carbocycles. The van der Waals surface area contributed by atoms with E-state index in [1.54, 1.807) is 17.8 Å². The van der Waals surface area contributed by atoms with E-state index in [0.717, 1.165) is 12.1 Å². The summed E-state index contributed by atoms with van der Waals surface area (Å²) in [7, 11) is 1.88. The largest absolute Gasteiger partial charge is 0.354 e. The second-order valence-corrected chi connectivity index (χ2v) is 3.28. The van der Waals surface area contributed by atoms with Gasteiger partial charge in [-0.2, -0.15) is 5.10 Å². The molecule has 0 aliphatic carbocycles. The zero-order chi connectivity index (χ0) is 10.6. The van der Waals surface area contributed by atoms with Gasteiger partial charge in [0.05, 0.1) is 6.04 Å². The summed E-state index contributed by atoms with van der Waals surface area (Å²) in [5.74, 6) is -0.118. The van der Waals surface area contributed by atoms with Gasteiger partial charge in [-0.25, -0.2) is 0 Å². The number of aromatic nitrogens is 2. The SMILES string of the molecule is CC(N)C(=O)NCCc1ccnn1C. The molecule has 5 heteroatoms. The van der Waals surface area contributed by atoms with Gasteiger partial charge in [-0.05, 0) is 13.0 Å². The molecule has 0 bridgehead atoms. The van der Waals surface area contributed by atoms with Crippen molar-refractivity contribution in [3.63, 3.8) is 0 Å². The number of carbonyl (C=O) groups excluding carboxylic acids is 1. The van der Waals surface area contributed by atoms with Gasteiger partial charge in [0.25, 0.3) is 0 Å². The van der Waals surface area contributed by atoms with E-state index in [1.807, 2.05) is 13.1 Å². The molecule has 0 aliphatic rings. The Morgan fingerprint density at radius 3 is 3.00 bits per heavy atom. The molecule has 14 heavy (non-hydrogen) atoms. The first-order valence-corrected chi connectivity index (χ1v) is 4.61. The molecule has 5 nitrogen and oxygen atoms in total. The maximum absolute atomic E-state index is 11.1. The first-order chi connectivity index (χ1) is 6.61. The molecule has 1 atom stereocenters. The minimum absolute atomic E-state index is 0.118. The van der Waals surface area contributed by atoms with Crippen LogP contribution >= 0.6 is 0 Å². The van der Waals surface area contributed by atoms with Gasteiger partial charge >= 0.3 is 0 Å².